The van der Waals surface area contributed by atoms with Crippen LogP contribution in [0.2, 0.25) is 0 Å². The van der Waals surface area contributed by atoms with Crippen LogP contribution < -0.4 is 20.9 Å². The van der Waals surface area contributed by atoms with Gasteiger partial charge >= 0.3 is 0 Å². The number of nitrogens with two attached hydrogens (primary N) is 2. The molecule has 112 valence electrons. The molecule has 0 aliphatic rings. The first-order valence-electron chi connectivity index (χ1n) is 6.22. The summed E-state index contributed by atoms with van der Waals surface area (Å²) >= 11 is 2.13. The van der Waals surface area contributed by atoms with Crippen molar-refractivity contribution < 1.29 is 9.47 Å². The number of anilines is 2. The summed E-state index contributed by atoms with van der Waals surface area (Å²) < 4.78 is 11.9. The minimum Gasteiger partial charge on any atom is -0.480 e. The minimum atomic E-state index is 0.103. The molecule has 0 unspecified atom stereocenters. The molecule has 0 radical (unpaired) electrons. The molecule has 2 rings (SSSR count). The van der Waals surface area contributed by atoms with Crippen molar-refractivity contribution in [3.63, 3.8) is 0 Å². The molecule has 0 spiro atoms. The second-order valence-corrected chi connectivity index (χ2v) is 5.76. The highest BCUT2D eigenvalue weighted by atomic mass is 127. The number of pyridine rings is 1. The fourth-order valence-electron chi connectivity index (χ4n) is 1.70. The van der Waals surface area contributed by atoms with Gasteiger partial charge in [-0.05, 0) is 28.5 Å². The van der Waals surface area contributed by atoms with Crippen molar-refractivity contribution in [2.75, 3.05) is 18.6 Å². The predicted molar refractivity (Wildman–Crippen MR) is 88.5 cm³/mol. The van der Waals surface area contributed by atoms with Gasteiger partial charge in [0.25, 0.3) is 0 Å². The van der Waals surface area contributed by atoms with Crippen molar-refractivity contribution in [2.45, 2.75) is 19.8 Å². The molecule has 0 atom stereocenters. The third-order valence-corrected chi connectivity index (χ3v) is 3.47. The van der Waals surface area contributed by atoms with Gasteiger partial charge in [-0.2, -0.15) is 4.98 Å². The van der Waals surface area contributed by atoms with E-state index in [1.165, 1.54) is 6.20 Å². The molecule has 0 fully saturated rings. The molecule has 8 heteroatoms. The first-order valence-corrected chi connectivity index (χ1v) is 7.30. The maximum atomic E-state index is 5.81. The van der Waals surface area contributed by atoms with Gasteiger partial charge in [-0.25, -0.2) is 9.97 Å². The molecule has 4 N–H and O–H groups in total. The topological polar surface area (TPSA) is 109 Å². The Labute approximate surface area is 136 Å². The number of rotatable bonds is 4. The second-order valence-electron chi connectivity index (χ2n) is 4.60. The highest BCUT2D eigenvalue weighted by Crippen LogP contribution is 2.35. The molecule has 0 amide bonds. The zero-order chi connectivity index (χ0) is 15.6. The number of nitrogen functional groups attached to an aromatic ring is 2. The summed E-state index contributed by atoms with van der Waals surface area (Å²) in [5.74, 6) is 1.94. The van der Waals surface area contributed by atoms with Crippen molar-refractivity contribution in [1.29, 1.82) is 0 Å². The van der Waals surface area contributed by atoms with E-state index in [0.717, 1.165) is 9.26 Å². The van der Waals surface area contributed by atoms with Crippen LogP contribution in [0, 0.1) is 3.57 Å². The normalized spacial score (nSPS) is 10.7. The summed E-state index contributed by atoms with van der Waals surface area (Å²) in [6, 6.07) is 1.84. The summed E-state index contributed by atoms with van der Waals surface area (Å²) in [6.45, 7) is 4.04. The van der Waals surface area contributed by atoms with E-state index < -0.39 is 0 Å². The minimum absolute atomic E-state index is 0.103. The van der Waals surface area contributed by atoms with Crippen molar-refractivity contribution in [2.24, 2.45) is 0 Å². The number of methoxy groups -OCH3 is 1. The molecule has 2 heterocycles. The first kappa shape index (κ1) is 15.5. The second kappa shape index (κ2) is 6.29. The monoisotopic (exact) mass is 401 g/mol. The Kier molecular flexibility index (Phi) is 4.66. The summed E-state index contributed by atoms with van der Waals surface area (Å²) in [5, 5.41) is 0. The fraction of sp³-hybridized carbons (Fsp3) is 0.308. The van der Waals surface area contributed by atoms with Crippen LogP contribution in [0.15, 0.2) is 12.3 Å². The van der Waals surface area contributed by atoms with E-state index in [1.807, 2.05) is 19.9 Å². The Morgan fingerprint density at radius 1 is 1.19 bits per heavy atom. The van der Waals surface area contributed by atoms with Crippen LogP contribution in [0.4, 0.5) is 11.8 Å². The van der Waals surface area contributed by atoms with E-state index in [4.69, 9.17) is 20.9 Å². The smallest absolute Gasteiger partial charge is 0.227 e. The van der Waals surface area contributed by atoms with Gasteiger partial charge in [0.1, 0.15) is 0 Å². The Hall–Kier alpha value is -1.84. The highest BCUT2D eigenvalue weighted by molar-refractivity contribution is 14.1. The first-order chi connectivity index (χ1) is 9.92. The zero-order valence-electron chi connectivity index (χ0n) is 11.9. The average Bonchev–Trinajstić information content (AvgIpc) is 2.41. The van der Waals surface area contributed by atoms with Crippen LogP contribution in [0.3, 0.4) is 0 Å². The van der Waals surface area contributed by atoms with Crippen LogP contribution in [-0.4, -0.2) is 22.1 Å². The van der Waals surface area contributed by atoms with E-state index >= 15 is 0 Å². The molecule has 0 saturated heterocycles. The van der Waals surface area contributed by atoms with Crippen LogP contribution in [0.5, 0.6) is 17.4 Å². The third-order valence-electron chi connectivity index (χ3n) is 2.70. The van der Waals surface area contributed by atoms with E-state index in [-0.39, 0.29) is 17.7 Å². The average molecular weight is 401 g/mol. The number of ether oxygens (including phenoxy) is 2. The molecule has 21 heavy (non-hydrogen) atoms. The van der Waals surface area contributed by atoms with Crippen molar-refractivity contribution in [3.8, 4) is 17.4 Å². The van der Waals surface area contributed by atoms with E-state index in [2.05, 4.69) is 37.5 Å². The van der Waals surface area contributed by atoms with Crippen molar-refractivity contribution >= 4 is 34.4 Å². The number of hydrogen-bond acceptors (Lipinski definition) is 7. The lowest BCUT2D eigenvalue weighted by Gasteiger charge is -2.15. The van der Waals surface area contributed by atoms with E-state index in [0.29, 0.717) is 17.4 Å². The lowest BCUT2D eigenvalue weighted by atomic mass is 10.1. The molecular formula is C13H16IN5O2. The Morgan fingerprint density at radius 3 is 2.48 bits per heavy atom. The summed E-state index contributed by atoms with van der Waals surface area (Å²) in [6.07, 6.45) is 1.44. The quantitative estimate of drug-likeness (QED) is 0.758. The van der Waals surface area contributed by atoms with Gasteiger partial charge in [0.05, 0.1) is 22.6 Å². The lowest BCUT2D eigenvalue weighted by molar-refractivity contribution is 0.387. The van der Waals surface area contributed by atoms with E-state index in [1.54, 1.807) is 7.11 Å². The summed E-state index contributed by atoms with van der Waals surface area (Å²) in [4.78, 5) is 12.2. The molecule has 0 aliphatic carbocycles. The molecule has 0 aliphatic heterocycles. The van der Waals surface area contributed by atoms with Crippen LogP contribution in [-0.2, 0) is 0 Å². The van der Waals surface area contributed by atoms with Gasteiger partial charge in [-0.1, -0.05) is 13.8 Å². The molecule has 0 aromatic carbocycles. The molecular weight excluding hydrogens is 385 g/mol. The third kappa shape index (κ3) is 3.43. The van der Waals surface area contributed by atoms with Gasteiger partial charge < -0.3 is 20.9 Å². The van der Waals surface area contributed by atoms with Gasteiger partial charge in [0.2, 0.25) is 11.8 Å². The lowest BCUT2D eigenvalue weighted by Crippen LogP contribution is -2.05. The van der Waals surface area contributed by atoms with Crippen LogP contribution in [0.1, 0.15) is 25.5 Å². The standard InChI is InChI=1S/C13H16IN5O2/c1-6(2)10-8(4-7(14)12(18-10)20-3)21-9-5-17-13(16)19-11(9)15/h4-6H,1-3H3,(H4,15,16,17,19). The molecule has 7 nitrogen and oxygen atoms in total. The SMILES string of the molecule is COc1nc(C(C)C)c(Oc2cnc(N)nc2N)cc1I. The Balaban J connectivity index is 2.45. The summed E-state index contributed by atoms with van der Waals surface area (Å²) in [7, 11) is 1.58. The van der Waals surface area contributed by atoms with Gasteiger partial charge in [-0.3, -0.25) is 0 Å². The van der Waals surface area contributed by atoms with Crippen molar-refractivity contribution in [1.82, 2.24) is 15.0 Å². The molecule has 0 saturated carbocycles. The molecule has 2 aromatic heterocycles. The van der Waals surface area contributed by atoms with Crippen LogP contribution in [0.25, 0.3) is 0 Å². The summed E-state index contributed by atoms with van der Waals surface area (Å²) in [5.41, 5.74) is 12.0. The fourth-order valence-corrected chi connectivity index (χ4v) is 2.33. The number of aromatic nitrogens is 3. The number of halogens is 1. The highest BCUT2D eigenvalue weighted by Gasteiger charge is 2.17. The van der Waals surface area contributed by atoms with Crippen LogP contribution >= 0.6 is 22.6 Å². The Bertz CT molecular complexity index is 663. The van der Waals surface area contributed by atoms with Crippen molar-refractivity contribution in [3.05, 3.63) is 21.5 Å². The number of hydrogen-bond donors (Lipinski definition) is 2. The Morgan fingerprint density at radius 2 is 1.90 bits per heavy atom. The molecule has 0 bridgehead atoms. The number of nitrogens with zero attached hydrogens (tertiary/aromatic N) is 3. The molecule has 2 aromatic rings. The zero-order valence-corrected chi connectivity index (χ0v) is 14.1. The van der Waals surface area contributed by atoms with Gasteiger partial charge in [0.15, 0.2) is 17.3 Å². The maximum Gasteiger partial charge on any atom is 0.227 e. The van der Waals surface area contributed by atoms with Gasteiger partial charge in [0, 0.05) is 6.07 Å². The predicted octanol–water partition coefficient (Wildman–Crippen LogP) is 2.56. The maximum absolute atomic E-state index is 5.81. The van der Waals surface area contributed by atoms with E-state index in [9.17, 15) is 0 Å². The largest absolute Gasteiger partial charge is 0.480 e. The van der Waals surface area contributed by atoms with Gasteiger partial charge in [-0.15, -0.1) is 0 Å².